The maximum absolute atomic E-state index is 12.2. The van der Waals surface area contributed by atoms with Crippen molar-refractivity contribution in [1.29, 1.82) is 0 Å². The van der Waals surface area contributed by atoms with Crippen LogP contribution in [-0.4, -0.2) is 10.8 Å². The molecule has 3 aromatic rings. The van der Waals surface area contributed by atoms with Crippen LogP contribution in [0.5, 0.6) is 0 Å². The fraction of sp³-hybridized carbons (Fsp3) is 0.0667. The number of furan rings is 1. The van der Waals surface area contributed by atoms with Gasteiger partial charge in [-0.15, -0.1) is 0 Å². The molecule has 0 saturated heterocycles. The monoisotopic (exact) mass is 237 g/mol. The predicted octanol–water partition coefficient (Wildman–Crippen LogP) is 3.37. The minimum atomic E-state index is -0.118. The summed E-state index contributed by atoms with van der Waals surface area (Å²) in [5.41, 5.74) is 2.39. The molecule has 0 radical (unpaired) electrons. The number of carbonyl (C=O) groups is 1. The summed E-state index contributed by atoms with van der Waals surface area (Å²) in [7, 11) is 0. The van der Waals surface area contributed by atoms with Crippen molar-refractivity contribution < 1.29 is 9.21 Å². The van der Waals surface area contributed by atoms with Gasteiger partial charge in [0.2, 0.25) is 5.78 Å². The normalized spacial score (nSPS) is 10.7. The van der Waals surface area contributed by atoms with Crippen molar-refractivity contribution in [3.8, 4) is 0 Å². The van der Waals surface area contributed by atoms with Crippen molar-refractivity contribution in [2.45, 2.75) is 6.92 Å². The number of hydrogen-bond donors (Lipinski definition) is 0. The molecular formula is C15H11NO2. The van der Waals surface area contributed by atoms with Crippen LogP contribution in [0.1, 0.15) is 21.7 Å². The smallest absolute Gasteiger partial charge is 0.228 e. The molecule has 2 aromatic heterocycles. The molecule has 0 aliphatic carbocycles. The van der Waals surface area contributed by atoms with Crippen LogP contribution in [0, 0.1) is 6.92 Å². The van der Waals surface area contributed by atoms with Gasteiger partial charge in [-0.1, -0.05) is 18.2 Å². The number of ketones is 1. The minimum Gasteiger partial charge on any atom is -0.452 e. The van der Waals surface area contributed by atoms with Gasteiger partial charge in [-0.25, -0.2) is 0 Å². The number of aryl methyl sites for hydroxylation is 1. The van der Waals surface area contributed by atoms with E-state index in [2.05, 4.69) is 4.98 Å². The number of fused-ring (bicyclic) bond motifs is 1. The van der Waals surface area contributed by atoms with Gasteiger partial charge in [0.1, 0.15) is 5.58 Å². The second kappa shape index (κ2) is 4.11. The molecule has 0 spiro atoms. The third kappa shape index (κ3) is 1.70. The number of aromatic nitrogens is 1. The molecule has 0 aliphatic heterocycles. The molecule has 18 heavy (non-hydrogen) atoms. The van der Waals surface area contributed by atoms with E-state index in [-0.39, 0.29) is 5.78 Å². The average molecular weight is 237 g/mol. The van der Waals surface area contributed by atoms with E-state index in [1.165, 1.54) is 0 Å². The predicted molar refractivity (Wildman–Crippen MR) is 68.6 cm³/mol. The molecule has 0 amide bonds. The van der Waals surface area contributed by atoms with E-state index < -0.39 is 0 Å². The molecule has 0 aliphatic rings. The molecule has 3 rings (SSSR count). The Bertz CT molecular complexity index is 714. The minimum absolute atomic E-state index is 0.118. The second-order valence-electron chi connectivity index (χ2n) is 4.17. The summed E-state index contributed by atoms with van der Waals surface area (Å²) < 4.78 is 5.65. The fourth-order valence-corrected chi connectivity index (χ4v) is 1.97. The van der Waals surface area contributed by atoms with Gasteiger partial charge in [-0.3, -0.25) is 9.78 Å². The molecule has 3 heteroatoms. The number of rotatable bonds is 2. The molecule has 1 aromatic carbocycles. The number of carbonyl (C=O) groups excluding carboxylic acids is 1. The first kappa shape index (κ1) is 10.7. The first-order valence-electron chi connectivity index (χ1n) is 5.69. The Hall–Kier alpha value is -2.42. The number of pyridine rings is 1. The molecular weight excluding hydrogens is 226 g/mol. The zero-order chi connectivity index (χ0) is 12.5. The van der Waals surface area contributed by atoms with Gasteiger partial charge in [0.05, 0.1) is 0 Å². The second-order valence-corrected chi connectivity index (χ2v) is 4.17. The van der Waals surface area contributed by atoms with Crippen molar-refractivity contribution >= 4 is 16.8 Å². The van der Waals surface area contributed by atoms with E-state index in [4.69, 9.17) is 4.42 Å². The van der Waals surface area contributed by atoms with Crippen molar-refractivity contribution in [3.63, 3.8) is 0 Å². The molecule has 0 atom stereocenters. The third-order valence-corrected chi connectivity index (χ3v) is 2.91. The Morgan fingerprint density at radius 3 is 2.67 bits per heavy atom. The average Bonchev–Trinajstić information content (AvgIpc) is 2.84. The topological polar surface area (TPSA) is 43.1 Å². The van der Waals surface area contributed by atoms with Crippen LogP contribution in [0.2, 0.25) is 0 Å². The van der Waals surface area contributed by atoms with Crippen LogP contribution in [0.3, 0.4) is 0 Å². The first-order chi connectivity index (χ1) is 8.75. The van der Waals surface area contributed by atoms with Crippen LogP contribution in [0.4, 0.5) is 0 Å². The summed E-state index contributed by atoms with van der Waals surface area (Å²) in [6.07, 6.45) is 3.20. The van der Waals surface area contributed by atoms with E-state index in [9.17, 15) is 4.79 Å². The van der Waals surface area contributed by atoms with Crippen molar-refractivity contribution in [3.05, 3.63) is 65.7 Å². The van der Waals surface area contributed by atoms with E-state index in [1.807, 2.05) is 25.1 Å². The molecule has 2 heterocycles. The van der Waals surface area contributed by atoms with Gasteiger partial charge in [0.25, 0.3) is 0 Å². The molecule has 0 saturated carbocycles. The first-order valence-corrected chi connectivity index (χ1v) is 5.69. The summed E-state index contributed by atoms with van der Waals surface area (Å²) >= 11 is 0. The quantitative estimate of drug-likeness (QED) is 0.642. The Morgan fingerprint density at radius 1 is 1.17 bits per heavy atom. The van der Waals surface area contributed by atoms with E-state index in [0.717, 1.165) is 16.5 Å². The number of benzene rings is 1. The highest BCUT2D eigenvalue weighted by molar-refractivity contribution is 6.09. The van der Waals surface area contributed by atoms with E-state index in [1.54, 1.807) is 30.6 Å². The SMILES string of the molecule is Cc1cccc2cc(C(=O)c3ccncc3)oc12. The van der Waals surface area contributed by atoms with Gasteiger partial charge in [-0.05, 0) is 30.7 Å². The Labute approximate surface area is 104 Å². The van der Waals surface area contributed by atoms with Crippen molar-refractivity contribution in [2.24, 2.45) is 0 Å². The summed E-state index contributed by atoms with van der Waals surface area (Å²) in [4.78, 5) is 16.1. The Kier molecular flexibility index (Phi) is 2.45. The lowest BCUT2D eigenvalue weighted by Crippen LogP contribution is -1.98. The lowest BCUT2D eigenvalue weighted by Gasteiger charge is -1.95. The largest absolute Gasteiger partial charge is 0.452 e. The fourth-order valence-electron chi connectivity index (χ4n) is 1.97. The van der Waals surface area contributed by atoms with Crippen LogP contribution in [0.15, 0.2) is 53.2 Å². The third-order valence-electron chi connectivity index (χ3n) is 2.91. The van der Waals surface area contributed by atoms with Gasteiger partial charge in [0.15, 0.2) is 5.76 Å². The number of hydrogen-bond acceptors (Lipinski definition) is 3. The van der Waals surface area contributed by atoms with Crippen LogP contribution < -0.4 is 0 Å². The summed E-state index contributed by atoms with van der Waals surface area (Å²) in [6.45, 7) is 1.96. The highest BCUT2D eigenvalue weighted by Crippen LogP contribution is 2.24. The van der Waals surface area contributed by atoms with Gasteiger partial charge >= 0.3 is 0 Å². The van der Waals surface area contributed by atoms with Gasteiger partial charge in [-0.2, -0.15) is 0 Å². The maximum Gasteiger partial charge on any atom is 0.228 e. The van der Waals surface area contributed by atoms with Crippen molar-refractivity contribution in [2.75, 3.05) is 0 Å². The van der Waals surface area contributed by atoms with E-state index in [0.29, 0.717) is 11.3 Å². The molecule has 0 bridgehead atoms. The molecule has 0 N–H and O–H groups in total. The van der Waals surface area contributed by atoms with Crippen LogP contribution >= 0.6 is 0 Å². The highest BCUT2D eigenvalue weighted by Gasteiger charge is 2.14. The summed E-state index contributed by atoms with van der Waals surface area (Å²) in [6, 6.07) is 11.0. The number of para-hydroxylation sites is 1. The lowest BCUT2D eigenvalue weighted by atomic mass is 10.1. The standard InChI is InChI=1S/C15H11NO2/c1-10-3-2-4-12-9-13(18-15(10)12)14(17)11-5-7-16-8-6-11/h2-9H,1H3. The maximum atomic E-state index is 12.2. The van der Waals surface area contributed by atoms with E-state index >= 15 is 0 Å². The Morgan fingerprint density at radius 2 is 1.94 bits per heavy atom. The number of nitrogens with zero attached hydrogens (tertiary/aromatic N) is 1. The highest BCUT2D eigenvalue weighted by atomic mass is 16.3. The van der Waals surface area contributed by atoms with Gasteiger partial charge < -0.3 is 4.42 Å². The molecule has 3 nitrogen and oxygen atoms in total. The molecule has 0 unspecified atom stereocenters. The van der Waals surface area contributed by atoms with Crippen LogP contribution in [-0.2, 0) is 0 Å². The van der Waals surface area contributed by atoms with Crippen molar-refractivity contribution in [1.82, 2.24) is 4.98 Å². The zero-order valence-electron chi connectivity index (χ0n) is 9.88. The van der Waals surface area contributed by atoms with Crippen LogP contribution in [0.25, 0.3) is 11.0 Å². The molecule has 88 valence electrons. The summed E-state index contributed by atoms with van der Waals surface area (Å²) in [5, 5.41) is 0.951. The lowest BCUT2D eigenvalue weighted by molar-refractivity contribution is 0.101. The summed E-state index contributed by atoms with van der Waals surface area (Å²) in [5.74, 6) is 0.249. The molecule has 0 fully saturated rings. The van der Waals surface area contributed by atoms with Gasteiger partial charge in [0, 0.05) is 23.3 Å². The zero-order valence-corrected chi connectivity index (χ0v) is 9.88. The Balaban J connectivity index is 2.10.